The van der Waals surface area contributed by atoms with Gasteiger partial charge in [-0.15, -0.1) is 0 Å². The van der Waals surface area contributed by atoms with Crippen LogP contribution in [0.15, 0.2) is 51.0 Å². The molecular weight excluding hydrogens is 671 g/mol. The lowest BCUT2D eigenvalue weighted by Crippen LogP contribution is -2.50. The van der Waals surface area contributed by atoms with Gasteiger partial charge in [-0.25, -0.2) is 13.6 Å². The molecule has 2 fully saturated rings. The zero-order valence-corrected chi connectivity index (χ0v) is 28.2. The van der Waals surface area contributed by atoms with Crippen LogP contribution in [-0.2, 0) is 18.0 Å². The fourth-order valence-corrected chi connectivity index (χ4v) is 7.96. The van der Waals surface area contributed by atoms with Crippen molar-refractivity contribution in [2.45, 2.75) is 73.4 Å². The summed E-state index contributed by atoms with van der Waals surface area (Å²) in [4.78, 5) is 48.9. The van der Waals surface area contributed by atoms with E-state index in [1.165, 1.54) is 12.0 Å². The highest BCUT2D eigenvalue weighted by atomic mass is 35.5. The SMILES string of the molecule is COc1cc2c(cc1N1CCCN(C3CC3)C1=O)CN(C(=O)c1c(Sc3c(Cl)cccc3Cl)cc(C(C)(F)F)[nH]c1=O)C2(C)CC#N. The number of aromatic amines is 1. The predicted molar refractivity (Wildman–Crippen MR) is 175 cm³/mol. The van der Waals surface area contributed by atoms with Crippen molar-refractivity contribution in [3.05, 3.63) is 79.2 Å². The summed E-state index contributed by atoms with van der Waals surface area (Å²) >= 11 is 13.6. The molecule has 6 rings (SSSR count). The fourth-order valence-electron chi connectivity index (χ4n) is 6.32. The standard InChI is InChI=1S/C33H31Cl2F2N5O4S/c1-32(10-11-38)20-15-24(46-3)23(41-13-5-12-40(31(41)45)19-8-9-19)14-18(20)17-42(32)30(44)27-25(16-26(33(2,36)37)39-29(27)43)47-28-21(34)6-4-7-22(28)35/h4,6-7,14-16,19H,5,8-10,12-13,17H2,1-3H3,(H,39,43). The number of methoxy groups -OCH3 is 1. The Morgan fingerprint density at radius 2 is 1.89 bits per heavy atom. The second kappa shape index (κ2) is 12.3. The van der Waals surface area contributed by atoms with Crippen molar-refractivity contribution < 1.29 is 23.1 Å². The molecule has 2 aliphatic heterocycles. The molecule has 47 heavy (non-hydrogen) atoms. The van der Waals surface area contributed by atoms with Crippen LogP contribution in [0.3, 0.4) is 0 Å². The molecule has 3 aromatic rings. The lowest BCUT2D eigenvalue weighted by Gasteiger charge is -2.37. The molecule has 0 spiro atoms. The minimum atomic E-state index is -3.42. The van der Waals surface area contributed by atoms with E-state index in [2.05, 4.69) is 11.1 Å². The second-order valence-electron chi connectivity index (χ2n) is 12.2. The van der Waals surface area contributed by atoms with E-state index in [1.54, 1.807) is 42.2 Å². The quantitative estimate of drug-likeness (QED) is 0.260. The number of carbonyl (C=O) groups is 2. The first kappa shape index (κ1) is 33.1. The van der Waals surface area contributed by atoms with Gasteiger partial charge in [0.15, 0.2) is 0 Å². The Morgan fingerprint density at radius 1 is 1.19 bits per heavy atom. The Labute approximate surface area is 284 Å². The van der Waals surface area contributed by atoms with Gasteiger partial charge in [-0.3, -0.25) is 14.5 Å². The minimum absolute atomic E-state index is 0.0141. The Hall–Kier alpha value is -3.79. The largest absolute Gasteiger partial charge is 0.495 e. The van der Waals surface area contributed by atoms with Crippen LogP contribution in [0.2, 0.25) is 10.0 Å². The summed E-state index contributed by atoms with van der Waals surface area (Å²) in [5.74, 6) is -3.79. The number of nitriles is 1. The van der Waals surface area contributed by atoms with Gasteiger partial charge in [0, 0.05) is 42.4 Å². The van der Waals surface area contributed by atoms with Gasteiger partial charge in [-0.05, 0) is 67.6 Å². The van der Waals surface area contributed by atoms with Gasteiger partial charge in [0.1, 0.15) is 11.3 Å². The van der Waals surface area contributed by atoms with E-state index in [0.29, 0.717) is 42.6 Å². The molecule has 2 aromatic carbocycles. The maximum absolute atomic E-state index is 14.5. The summed E-state index contributed by atoms with van der Waals surface area (Å²) in [6, 6.07) is 11.6. The van der Waals surface area contributed by atoms with Crippen molar-refractivity contribution in [3.8, 4) is 11.8 Å². The molecular formula is C33H31Cl2F2N5O4S. The molecule has 1 unspecified atom stereocenters. The Balaban J connectivity index is 1.44. The minimum Gasteiger partial charge on any atom is -0.495 e. The van der Waals surface area contributed by atoms with Gasteiger partial charge in [-0.2, -0.15) is 5.26 Å². The van der Waals surface area contributed by atoms with Crippen LogP contribution in [-0.4, -0.2) is 53.0 Å². The highest BCUT2D eigenvalue weighted by molar-refractivity contribution is 7.99. The predicted octanol–water partition coefficient (Wildman–Crippen LogP) is 7.53. The van der Waals surface area contributed by atoms with Crippen LogP contribution < -0.4 is 15.2 Å². The normalized spacial score (nSPS) is 19.5. The molecule has 3 heterocycles. The number of halogens is 4. The van der Waals surface area contributed by atoms with Crippen LogP contribution >= 0.6 is 35.0 Å². The first-order valence-corrected chi connectivity index (χ1v) is 16.6. The molecule has 246 valence electrons. The number of ether oxygens (including phenoxy) is 1. The van der Waals surface area contributed by atoms with Crippen molar-refractivity contribution in [2.24, 2.45) is 0 Å². The third-order valence-corrected chi connectivity index (χ3v) is 11.0. The Kier molecular flexibility index (Phi) is 8.70. The average molecular weight is 703 g/mol. The summed E-state index contributed by atoms with van der Waals surface area (Å²) in [6.07, 6.45) is 2.59. The molecule has 0 radical (unpaired) electrons. The molecule has 1 N–H and O–H groups in total. The highest BCUT2D eigenvalue weighted by Gasteiger charge is 2.47. The number of anilines is 1. The van der Waals surface area contributed by atoms with Crippen LogP contribution in [0.1, 0.15) is 66.7 Å². The van der Waals surface area contributed by atoms with Crippen molar-refractivity contribution >= 4 is 52.6 Å². The number of H-pyrrole nitrogens is 1. The molecule has 1 aliphatic carbocycles. The van der Waals surface area contributed by atoms with Crippen LogP contribution in [0.4, 0.5) is 19.3 Å². The number of hydrogen-bond donors (Lipinski definition) is 1. The van der Waals surface area contributed by atoms with E-state index < -0.39 is 34.2 Å². The summed E-state index contributed by atoms with van der Waals surface area (Å²) in [5, 5.41) is 10.3. The summed E-state index contributed by atoms with van der Waals surface area (Å²) in [7, 11) is 1.49. The summed E-state index contributed by atoms with van der Waals surface area (Å²) in [6.45, 7) is 3.51. The molecule has 0 bridgehead atoms. The summed E-state index contributed by atoms with van der Waals surface area (Å²) in [5.41, 5.74) is -1.50. The van der Waals surface area contributed by atoms with Gasteiger partial charge in [0.05, 0.1) is 46.6 Å². The average Bonchev–Trinajstić information content (AvgIpc) is 3.82. The van der Waals surface area contributed by atoms with E-state index in [-0.39, 0.29) is 44.9 Å². The second-order valence-corrected chi connectivity index (χ2v) is 14.1. The van der Waals surface area contributed by atoms with Crippen molar-refractivity contribution in [2.75, 3.05) is 25.1 Å². The van der Waals surface area contributed by atoms with Crippen molar-refractivity contribution in [3.63, 3.8) is 0 Å². The first-order chi connectivity index (χ1) is 22.3. The van der Waals surface area contributed by atoms with Crippen LogP contribution in [0, 0.1) is 11.3 Å². The number of pyridine rings is 1. The van der Waals surface area contributed by atoms with Crippen LogP contribution in [0.5, 0.6) is 5.75 Å². The van der Waals surface area contributed by atoms with E-state index in [0.717, 1.165) is 37.1 Å². The number of nitrogens with zero attached hydrogens (tertiary/aromatic N) is 4. The lowest BCUT2D eigenvalue weighted by molar-refractivity contribution is 0.0121. The number of fused-ring (bicyclic) bond motifs is 1. The smallest absolute Gasteiger partial charge is 0.324 e. The highest BCUT2D eigenvalue weighted by Crippen LogP contribution is 2.48. The first-order valence-electron chi connectivity index (χ1n) is 15.0. The van der Waals surface area contributed by atoms with Gasteiger partial charge >= 0.3 is 6.03 Å². The topological polar surface area (TPSA) is 110 Å². The van der Waals surface area contributed by atoms with Gasteiger partial charge in [-0.1, -0.05) is 41.0 Å². The number of rotatable bonds is 8. The third kappa shape index (κ3) is 5.94. The van der Waals surface area contributed by atoms with Crippen molar-refractivity contribution in [1.29, 1.82) is 5.26 Å². The molecule has 1 saturated heterocycles. The van der Waals surface area contributed by atoms with E-state index in [4.69, 9.17) is 27.9 Å². The molecule has 1 saturated carbocycles. The molecule has 1 atom stereocenters. The Bertz CT molecular complexity index is 1870. The number of hydrogen-bond acceptors (Lipinski definition) is 6. The number of aromatic nitrogens is 1. The van der Waals surface area contributed by atoms with E-state index in [1.807, 2.05) is 4.90 Å². The fraction of sp³-hybridized carbons (Fsp3) is 0.394. The molecule has 9 nitrogen and oxygen atoms in total. The zero-order valence-electron chi connectivity index (χ0n) is 25.8. The van der Waals surface area contributed by atoms with E-state index in [9.17, 15) is 28.4 Å². The maximum atomic E-state index is 14.5. The number of nitrogens with one attached hydrogen (secondary N) is 1. The number of benzene rings is 2. The van der Waals surface area contributed by atoms with Crippen molar-refractivity contribution in [1.82, 2.24) is 14.8 Å². The molecule has 14 heteroatoms. The Morgan fingerprint density at radius 3 is 2.51 bits per heavy atom. The van der Waals surface area contributed by atoms with E-state index >= 15 is 0 Å². The lowest BCUT2D eigenvalue weighted by atomic mass is 9.88. The third-order valence-electron chi connectivity index (χ3n) is 8.93. The molecule has 3 amide bonds. The van der Waals surface area contributed by atoms with Gasteiger partial charge in [0.25, 0.3) is 17.4 Å². The van der Waals surface area contributed by atoms with Gasteiger partial charge < -0.3 is 19.5 Å². The molecule has 3 aliphatic rings. The number of carbonyl (C=O) groups excluding carboxylic acids is 2. The zero-order chi connectivity index (χ0) is 33.8. The number of urea groups is 1. The monoisotopic (exact) mass is 701 g/mol. The summed E-state index contributed by atoms with van der Waals surface area (Å²) < 4.78 is 34.8. The van der Waals surface area contributed by atoms with Gasteiger partial charge in [0.2, 0.25) is 0 Å². The molecule has 1 aromatic heterocycles. The van der Waals surface area contributed by atoms with Crippen LogP contribution in [0.25, 0.3) is 0 Å². The maximum Gasteiger partial charge on any atom is 0.324 e. The number of alkyl halides is 2. The number of amides is 3.